The third-order valence-electron chi connectivity index (χ3n) is 2.26. The lowest BCUT2D eigenvalue weighted by molar-refractivity contribution is -0.129. The van der Waals surface area contributed by atoms with Crippen LogP contribution in [0.2, 0.25) is 0 Å². The molecule has 96 valence electrons. The monoisotopic (exact) mass is 248 g/mol. The molecule has 16 heavy (non-hydrogen) atoms. The van der Waals surface area contributed by atoms with Crippen molar-refractivity contribution >= 4 is 17.7 Å². The zero-order valence-electron chi connectivity index (χ0n) is 10.4. The Balaban J connectivity index is 3.33. The number of aliphatic hydroxyl groups excluding tert-OH is 1. The summed E-state index contributed by atoms with van der Waals surface area (Å²) < 4.78 is 0. The predicted molar refractivity (Wildman–Crippen MR) is 69.8 cm³/mol. The van der Waals surface area contributed by atoms with Gasteiger partial charge in [0.2, 0.25) is 5.91 Å². The second-order valence-electron chi connectivity index (χ2n) is 3.43. The van der Waals surface area contributed by atoms with Crippen LogP contribution in [0.15, 0.2) is 0 Å². The van der Waals surface area contributed by atoms with E-state index >= 15 is 0 Å². The molecule has 0 aromatic carbocycles. The van der Waals surface area contributed by atoms with E-state index in [-0.39, 0.29) is 12.5 Å². The van der Waals surface area contributed by atoms with Gasteiger partial charge in [0.05, 0.1) is 6.54 Å². The van der Waals surface area contributed by atoms with Gasteiger partial charge in [0.25, 0.3) is 0 Å². The molecule has 0 fully saturated rings. The third kappa shape index (κ3) is 7.96. The Morgan fingerprint density at radius 1 is 1.31 bits per heavy atom. The van der Waals surface area contributed by atoms with Gasteiger partial charge in [-0.15, -0.1) is 0 Å². The summed E-state index contributed by atoms with van der Waals surface area (Å²) in [4.78, 5) is 13.4. The summed E-state index contributed by atoms with van der Waals surface area (Å²) in [5.41, 5.74) is 0. The Hall–Kier alpha value is -0.260. The fourth-order valence-corrected chi connectivity index (χ4v) is 2.12. The number of nitrogens with zero attached hydrogens (tertiary/aromatic N) is 1. The van der Waals surface area contributed by atoms with Crippen LogP contribution in [0.25, 0.3) is 0 Å². The van der Waals surface area contributed by atoms with Gasteiger partial charge in [0.15, 0.2) is 0 Å². The van der Waals surface area contributed by atoms with Gasteiger partial charge >= 0.3 is 0 Å². The van der Waals surface area contributed by atoms with Gasteiger partial charge in [-0.1, -0.05) is 0 Å². The predicted octanol–water partition coefficient (Wildman–Crippen LogP) is 0.560. The highest BCUT2D eigenvalue weighted by Crippen LogP contribution is 1.99. The van der Waals surface area contributed by atoms with Crippen LogP contribution in [-0.4, -0.2) is 60.2 Å². The van der Waals surface area contributed by atoms with Crippen molar-refractivity contribution in [1.82, 2.24) is 10.2 Å². The smallest absolute Gasteiger partial charge is 0.236 e. The normalized spacial score (nSPS) is 10.4. The van der Waals surface area contributed by atoms with E-state index in [1.54, 1.807) is 11.8 Å². The summed E-state index contributed by atoms with van der Waals surface area (Å²) in [7, 11) is 0. The van der Waals surface area contributed by atoms with Crippen molar-refractivity contribution in [1.29, 1.82) is 0 Å². The van der Waals surface area contributed by atoms with E-state index in [0.717, 1.165) is 37.6 Å². The first kappa shape index (κ1) is 15.7. The highest BCUT2D eigenvalue weighted by molar-refractivity contribution is 7.99. The van der Waals surface area contributed by atoms with Crippen LogP contribution in [0.4, 0.5) is 0 Å². The van der Waals surface area contributed by atoms with Gasteiger partial charge in [-0.25, -0.2) is 0 Å². The van der Waals surface area contributed by atoms with Crippen molar-refractivity contribution in [3.8, 4) is 0 Å². The maximum atomic E-state index is 11.6. The molecule has 0 aliphatic rings. The number of rotatable bonds is 10. The minimum Gasteiger partial charge on any atom is -0.396 e. The average Bonchev–Trinajstić information content (AvgIpc) is 2.29. The Morgan fingerprint density at radius 2 is 2.00 bits per heavy atom. The summed E-state index contributed by atoms with van der Waals surface area (Å²) in [6.45, 7) is 7.09. The molecule has 0 aliphatic heterocycles. The molecule has 0 spiro atoms. The molecule has 0 rings (SSSR count). The lowest BCUT2D eigenvalue weighted by Crippen LogP contribution is -2.38. The summed E-state index contributed by atoms with van der Waals surface area (Å²) in [5.74, 6) is 2.15. The number of aliphatic hydroxyl groups is 1. The molecule has 0 bridgehead atoms. The molecular weight excluding hydrogens is 224 g/mol. The maximum absolute atomic E-state index is 11.6. The molecule has 4 nitrogen and oxygen atoms in total. The van der Waals surface area contributed by atoms with Crippen LogP contribution < -0.4 is 5.32 Å². The fraction of sp³-hybridized carbons (Fsp3) is 0.909. The minimum atomic E-state index is 0.172. The molecule has 0 atom stereocenters. The molecule has 0 radical (unpaired) electrons. The van der Waals surface area contributed by atoms with Crippen LogP contribution in [0.3, 0.4) is 0 Å². The Kier molecular flexibility index (Phi) is 11.0. The number of carbonyl (C=O) groups excluding carboxylic acids is 1. The van der Waals surface area contributed by atoms with E-state index in [9.17, 15) is 4.79 Å². The second-order valence-corrected chi connectivity index (χ2v) is 4.66. The summed E-state index contributed by atoms with van der Waals surface area (Å²) in [6.07, 6.45) is 0.850. The van der Waals surface area contributed by atoms with Crippen molar-refractivity contribution in [3.05, 3.63) is 0 Å². The summed E-state index contributed by atoms with van der Waals surface area (Å²) >= 11 is 1.80. The van der Waals surface area contributed by atoms with Gasteiger partial charge in [0, 0.05) is 32.0 Å². The standard InChI is InChI=1S/C11H24N2O2S/c1-3-13(4-2)11(15)10-12-6-9-16-8-5-7-14/h12,14H,3-10H2,1-2H3. The highest BCUT2D eigenvalue weighted by Gasteiger charge is 2.07. The van der Waals surface area contributed by atoms with Gasteiger partial charge in [0.1, 0.15) is 0 Å². The zero-order chi connectivity index (χ0) is 12.2. The number of amides is 1. The van der Waals surface area contributed by atoms with Crippen molar-refractivity contribution in [3.63, 3.8) is 0 Å². The minimum absolute atomic E-state index is 0.172. The van der Waals surface area contributed by atoms with Crippen LogP contribution in [0.1, 0.15) is 20.3 Å². The Bertz CT molecular complexity index is 175. The highest BCUT2D eigenvalue weighted by atomic mass is 32.2. The molecule has 0 saturated heterocycles. The van der Waals surface area contributed by atoms with Crippen molar-refractivity contribution in [2.45, 2.75) is 20.3 Å². The maximum Gasteiger partial charge on any atom is 0.236 e. The summed E-state index contributed by atoms with van der Waals surface area (Å²) in [6, 6.07) is 0. The van der Waals surface area contributed by atoms with Gasteiger partial charge < -0.3 is 15.3 Å². The van der Waals surface area contributed by atoms with Gasteiger partial charge in [-0.05, 0) is 26.0 Å². The van der Waals surface area contributed by atoms with E-state index in [2.05, 4.69) is 5.32 Å². The number of hydrogen-bond acceptors (Lipinski definition) is 4. The Morgan fingerprint density at radius 3 is 2.56 bits per heavy atom. The topological polar surface area (TPSA) is 52.6 Å². The van der Waals surface area contributed by atoms with E-state index in [0.29, 0.717) is 6.54 Å². The first-order valence-corrected chi connectivity index (χ1v) is 7.08. The molecule has 0 aromatic heterocycles. The third-order valence-corrected chi connectivity index (χ3v) is 3.33. The number of likely N-dealkylation sites (N-methyl/N-ethyl adjacent to an activating group) is 1. The van der Waals surface area contributed by atoms with E-state index in [1.165, 1.54) is 0 Å². The van der Waals surface area contributed by atoms with E-state index < -0.39 is 0 Å². The molecule has 0 heterocycles. The second kappa shape index (κ2) is 11.2. The first-order chi connectivity index (χ1) is 7.76. The van der Waals surface area contributed by atoms with E-state index in [4.69, 9.17) is 5.11 Å². The average molecular weight is 248 g/mol. The largest absolute Gasteiger partial charge is 0.396 e. The van der Waals surface area contributed by atoms with E-state index in [1.807, 2.05) is 18.7 Å². The van der Waals surface area contributed by atoms with Crippen molar-refractivity contribution < 1.29 is 9.90 Å². The molecule has 0 unspecified atom stereocenters. The zero-order valence-corrected chi connectivity index (χ0v) is 11.2. The molecular formula is C11H24N2O2S. The number of hydrogen-bond donors (Lipinski definition) is 2. The van der Waals surface area contributed by atoms with Crippen LogP contribution in [0, 0.1) is 0 Å². The quantitative estimate of drug-likeness (QED) is 0.555. The molecule has 5 heteroatoms. The molecule has 0 saturated carbocycles. The first-order valence-electron chi connectivity index (χ1n) is 5.93. The summed E-state index contributed by atoms with van der Waals surface area (Å²) in [5, 5.41) is 11.7. The van der Waals surface area contributed by atoms with Crippen molar-refractivity contribution in [2.24, 2.45) is 0 Å². The van der Waals surface area contributed by atoms with Gasteiger partial charge in [-0.3, -0.25) is 4.79 Å². The molecule has 1 amide bonds. The number of thioether (sulfide) groups is 1. The van der Waals surface area contributed by atoms with Crippen molar-refractivity contribution in [2.75, 3.05) is 44.3 Å². The van der Waals surface area contributed by atoms with Crippen LogP contribution in [0.5, 0.6) is 0 Å². The Labute approximate surface area is 103 Å². The molecule has 0 aromatic rings. The van der Waals surface area contributed by atoms with Gasteiger partial charge in [-0.2, -0.15) is 11.8 Å². The fourth-order valence-electron chi connectivity index (χ4n) is 1.30. The SMILES string of the molecule is CCN(CC)C(=O)CNCCSCCCO. The van der Waals surface area contributed by atoms with Crippen LogP contribution >= 0.6 is 11.8 Å². The molecule has 0 aliphatic carbocycles. The lowest BCUT2D eigenvalue weighted by Gasteiger charge is -2.18. The number of nitrogens with one attached hydrogen (secondary N) is 1. The van der Waals surface area contributed by atoms with Crippen LogP contribution in [-0.2, 0) is 4.79 Å². The molecule has 2 N–H and O–H groups in total. The lowest BCUT2D eigenvalue weighted by atomic mass is 10.4. The number of carbonyl (C=O) groups is 1.